The molecule has 1 nitrogen and oxygen atoms in total. The molecule has 0 fully saturated rings. The molecule has 0 radical (unpaired) electrons. The molecule has 0 spiro atoms. The van der Waals surface area contributed by atoms with Crippen LogP contribution in [0.2, 0.25) is 5.02 Å². The summed E-state index contributed by atoms with van der Waals surface area (Å²) in [5.74, 6) is 0.670. The maximum atomic E-state index is 6.28. The van der Waals surface area contributed by atoms with Crippen LogP contribution in [0.1, 0.15) is 36.6 Å². The Balaban J connectivity index is 2.20. The summed E-state index contributed by atoms with van der Waals surface area (Å²) in [6, 6.07) is 16.1. The molecule has 2 rings (SSSR count). The Morgan fingerprint density at radius 1 is 1.00 bits per heavy atom. The van der Waals surface area contributed by atoms with Gasteiger partial charge in [0.1, 0.15) is 0 Å². The molecule has 2 N–H and O–H groups in total. The SMILES string of the molecule is CC(C)Cc1ccc(C(N)c2ccccc2Cl)cc1. The first-order chi connectivity index (χ1) is 9.08. The molecule has 0 aliphatic carbocycles. The zero-order valence-electron chi connectivity index (χ0n) is 11.4. The second kappa shape index (κ2) is 6.23. The van der Waals surface area contributed by atoms with E-state index in [1.807, 2.05) is 24.3 Å². The van der Waals surface area contributed by atoms with E-state index in [9.17, 15) is 0 Å². The van der Waals surface area contributed by atoms with Gasteiger partial charge in [-0.05, 0) is 35.1 Å². The lowest BCUT2D eigenvalue weighted by Crippen LogP contribution is -2.12. The standard InChI is InChI=1S/C17H20ClN/c1-12(2)11-13-7-9-14(10-8-13)17(19)15-5-3-4-6-16(15)18/h3-10,12,17H,11,19H2,1-2H3. The Morgan fingerprint density at radius 3 is 2.21 bits per heavy atom. The van der Waals surface area contributed by atoms with Gasteiger partial charge in [-0.1, -0.05) is 67.9 Å². The van der Waals surface area contributed by atoms with E-state index in [1.54, 1.807) is 0 Å². The van der Waals surface area contributed by atoms with Gasteiger partial charge in [-0.25, -0.2) is 0 Å². The lowest BCUT2D eigenvalue weighted by atomic mass is 9.96. The zero-order valence-corrected chi connectivity index (χ0v) is 12.2. The number of nitrogens with two attached hydrogens (primary N) is 1. The maximum Gasteiger partial charge on any atom is 0.0566 e. The molecule has 19 heavy (non-hydrogen) atoms. The first kappa shape index (κ1) is 14.1. The lowest BCUT2D eigenvalue weighted by molar-refractivity contribution is 0.647. The second-order valence-electron chi connectivity index (χ2n) is 5.34. The van der Waals surface area contributed by atoms with E-state index in [-0.39, 0.29) is 6.04 Å². The molecule has 0 amide bonds. The fourth-order valence-electron chi connectivity index (χ4n) is 2.24. The van der Waals surface area contributed by atoms with Gasteiger partial charge in [0, 0.05) is 5.02 Å². The fraction of sp³-hybridized carbons (Fsp3) is 0.294. The number of rotatable bonds is 4. The summed E-state index contributed by atoms with van der Waals surface area (Å²) in [5.41, 5.74) is 9.71. The van der Waals surface area contributed by atoms with Crippen LogP contribution >= 0.6 is 11.6 Å². The molecule has 2 heteroatoms. The first-order valence-corrected chi connectivity index (χ1v) is 7.04. The van der Waals surface area contributed by atoms with Gasteiger partial charge in [0.05, 0.1) is 6.04 Å². The monoisotopic (exact) mass is 273 g/mol. The summed E-state index contributed by atoms with van der Waals surface area (Å²) < 4.78 is 0. The molecular formula is C17H20ClN. The third kappa shape index (κ3) is 3.59. The third-order valence-electron chi connectivity index (χ3n) is 3.22. The molecule has 100 valence electrons. The quantitative estimate of drug-likeness (QED) is 0.866. The van der Waals surface area contributed by atoms with Crippen LogP contribution in [0, 0.1) is 5.92 Å². The Kier molecular flexibility index (Phi) is 4.62. The third-order valence-corrected chi connectivity index (χ3v) is 3.57. The molecule has 0 aliphatic heterocycles. The van der Waals surface area contributed by atoms with Crippen LogP contribution in [0.4, 0.5) is 0 Å². The van der Waals surface area contributed by atoms with Crippen molar-refractivity contribution < 1.29 is 0 Å². The average Bonchev–Trinajstić information content (AvgIpc) is 2.39. The van der Waals surface area contributed by atoms with E-state index in [0.29, 0.717) is 5.92 Å². The van der Waals surface area contributed by atoms with Crippen molar-refractivity contribution in [2.45, 2.75) is 26.3 Å². The highest BCUT2D eigenvalue weighted by Crippen LogP contribution is 2.26. The van der Waals surface area contributed by atoms with E-state index < -0.39 is 0 Å². The summed E-state index contributed by atoms with van der Waals surface area (Å²) >= 11 is 6.19. The van der Waals surface area contributed by atoms with E-state index in [4.69, 9.17) is 17.3 Å². The van der Waals surface area contributed by atoms with Gasteiger partial charge in [0.15, 0.2) is 0 Å². The van der Waals surface area contributed by atoms with Crippen molar-refractivity contribution in [3.8, 4) is 0 Å². The summed E-state index contributed by atoms with van der Waals surface area (Å²) in [6.45, 7) is 4.45. The molecule has 2 aromatic carbocycles. The van der Waals surface area contributed by atoms with Gasteiger partial charge < -0.3 is 5.73 Å². The minimum Gasteiger partial charge on any atom is -0.320 e. The van der Waals surface area contributed by atoms with Crippen LogP contribution in [0.15, 0.2) is 48.5 Å². The van der Waals surface area contributed by atoms with Gasteiger partial charge in [-0.15, -0.1) is 0 Å². The van der Waals surface area contributed by atoms with Crippen LogP contribution in [-0.4, -0.2) is 0 Å². The highest BCUT2D eigenvalue weighted by Gasteiger charge is 2.11. The van der Waals surface area contributed by atoms with Crippen molar-refractivity contribution in [2.24, 2.45) is 11.7 Å². The van der Waals surface area contributed by atoms with Crippen molar-refractivity contribution in [3.63, 3.8) is 0 Å². The van der Waals surface area contributed by atoms with Crippen molar-refractivity contribution in [3.05, 3.63) is 70.2 Å². The van der Waals surface area contributed by atoms with E-state index in [2.05, 4.69) is 38.1 Å². The summed E-state index contributed by atoms with van der Waals surface area (Å²) in [6.07, 6.45) is 1.10. The molecule has 0 aromatic heterocycles. The maximum absolute atomic E-state index is 6.28. The summed E-state index contributed by atoms with van der Waals surface area (Å²) in [7, 11) is 0. The van der Waals surface area contributed by atoms with Gasteiger partial charge >= 0.3 is 0 Å². The Morgan fingerprint density at radius 2 is 1.63 bits per heavy atom. The van der Waals surface area contributed by atoms with Crippen LogP contribution < -0.4 is 5.73 Å². The molecule has 1 atom stereocenters. The second-order valence-corrected chi connectivity index (χ2v) is 5.75. The first-order valence-electron chi connectivity index (χ1n) is 6.66. The minimum absolute atomic E-state index is 0.165. The zero-order chi connectivity index (χ0) is 13.8. The predicted molar refractivity (Wildman–Crippen MR) is 82.5 cm³/mol. The van der Waals surface area contributed by atoms with Crippen molar-refractivity contribution in [2.75, 3.05) is 0 Å². The minimum atomic E-state index is -0.165. The molecule has 2 aromatic rings. The predicted octanol–water partition coefficient (Wildman–Crippen LogP) is 4.59. The number of halogens is 1. The average molecular weight is 274 g/mol. The molecule has 0 heterocycles. The molecule has 0 bridgehead atoms. The van der Waals surface area contributed by atoms with E-state index in [1.165, 1.54) is 5.56 Å². The highest BCUT2D eigenvalue weighted by atomic mass is 35.5. The summed E-state index contributed by atoms with van der Waals surface area (Å²) in [5, 5.41) is 0.723. The Hall–Kier alpha value is -1.31. The van der Waals surface area contributed by atoms with Crippen LogP contribution in [-0.2, 0) is 6.42 Å². The van der Waals surface area contributed by atoms with Crippen molar-refractivity contribution >= 4 is 11.6 Å². The Labute approximate surface area is 120 Å². The largest absolute Gasteiger partial charge is 0.320 e. The van der Waals surface area contributed by atoms with E-state index in [0.717, 1.165) is 22.6 Å². The molecule has 1 unspecified atom stereocenters. The normalized spacial score (nSPS) is 12.7. The summed E-state index contributed by atoms with van der Waals surface area (Å²) in [4.78, 5) is 0. The van der Waals surface area contributed by atoms with Gasteiger partial charge in [-0.2, -0.15) is 0 Å². The van der Waals surface area contributed by atoms with Crippen LogP contribution in [0.3, 0.4) is 0 Å². The highest BCUT2D eigenvalue weighted by molar-refractivity contribution is 6.31. The number of benzene rings is 2. The lowest BCUT2D eigenvalue weighted by Gasteiger charge is -2.15. The molecule has 0 aliphatic rings. The Bertz CT molecular complexity index is 531. The van der Waals surface area contributed by atoms with Crippen LogP contribution in [0.5, 0.6) is 0 Å². The van der Waals surface area contributed by atoms with Crippen molar-refractivity contribution in [1.82, 2.24) is 0 Å². The van der Waals surface area contributed by atoms with Crippen LogP contribution in [0.25, 0.3) is 0 Å². The smallest absolute Gasteiger partial charge is 0.0566 e. The van der Waals surface area contributed by atoms with E-state index >= 15 is 0 Å². The number of hydrogen-bond acceptors (Lipinski definition) is 1. The number of hydrogen-bond donors (Lipinski definition) is 1. The van der Waals surface area contributed by atoms with Gasteiger partial charge in [-0.3, -0.25) is 0 Å². The molecule has 0 saturated heterocycles. The molecular weight excluding hydrogens is 254 g/mol. The van der Waals surface area contributed by atoms with Crippen molar-refractivity contribution in [1.29, 1.82) is 0 Å². The topological polar surface area (TPSA) is 26.0 Å². The molecule has 0 saturated carbocycles. The van der Waals surface area contributed by atoms with Gasteiger partial charge in [0.25, 0.3) is 0 Å². The fourth-order valence-corrected chi connectivity index (χ4v) is 2.49. The van der Waals surface area contributed by atoms with Gasteiger partial charge in [0.2, 0.25) is 0 Å².